The molecular weight excluding hydrogens is 540 g/mol. The highest BCUT2D eigenvalue weighted by atomic mass is 79.9. The zero-order chi connectivity index (χ0) is 22.7. The Kier molecular flexibility index (Phi) is 7.58. The van der Waals surface area contributed by atoms with Crippen molar-refractivity contribution in [2.24, 2.45) is 11.8 Å². The standard InChI is InChI=1S/C20H22Br2N2O7/c1-29-10-3-4-15(16(5-10)30-2)23-17(25)9-31-18(26)8-24-19(27)11-6-13(21)14(22)7-12(11)20(24)28/h3-5,11-14H,6-9H2,1-2H3,(H,23,25)/t11-,12+,13+,14-. The number of imide groups is 1. The van der Waals surface area contributed by atoms with E-state index in [4.69, 9.17) is 14.2 Å². The molecule has 0 unspecified atom stereocenters. The van der Waals surface area contributed by atoms with Gasteiger partial charge < -0.3 is 19.5 Å². The van der Waals surface area contributed by atoms with Crippen molar-refractivity contribution in [2.45, 2.75) is 22.5 Å². The molecule has 1 saturated carbocycles. The number of hydrogen-bond donors (Lipinski definition) is 1. The minimum atomic E-state index is -0.831. The first kappa shape index (κ1) is 23.5. The Morgan fingerprint density at radius 2 is 1.68 bits per heavy atom. The number of carbonyl (C=O) groups is 4. The maximum atomic E-state index is 12.6. The molecular formula is C20H22Br2N2O7. The van der Waals surface area contributed by atoms with Gasteiger partial charge in [0.05, 0.1) is 31.7 Å². The number of alkyl halides is 2. The average molecular weight is 562 g/mol. The van der Waals surface area contributed by atoms with Gasteiger partial charge in [0.15, 0.2) is 6.61 Å². The van der Waals surface area contributed by atoms with Crippen molar-refractivity contribution in [3.8, 4) is 11.5 Å². The van der Waals surface area contributed by atoms with Gasteiger partial charge in [0.25, 0.3) is 5.91 Å². The smallest absolute Gasteiger partial charge is 0.326 e. The first-order valence-corrected chi connectivity index (χ1v) is 11.4. The second kappa shape index (κ2) is 9.99. The summed E-state index contributed by atoms with van der Waals surface area (Å²) in [5, 5.41) is 2.58. The normalized spacial score (nSPS) is 25.1. The number of nitrogens with one attached hydrogen (secondary N) is 1. The van der Waals surface area contributed by atoms with Crippen LogP contribution in [0.25, 0.3) is 0 Å². The molecule has 0 spiro atoms. The number of nitrogens with zero attached hydrogens (tertiary/aromatic N) is 1. The highest BCUT2D eigenvalue weighted by Crippen LogP contribution is 2.43. The fourth-order valence-corrected chi connectivity index (χ4v) is 4.97. The molecule has 1 aromatic carbocycles. The van der Waals surface area contributed by atoms with Crippen molar-refractivity contribution in [2.75, 3.05) is 32.7 Å². The number of rotatable bonds is 7. The van der Waals surface area contributed by atoms with E-state index in [1.54, 1.807) is 18.2 Å². The van der Waals surface area contributed by atoms with E-state index < -0.39 is 36.9 Å². The van der Waals surface area contributed by atoms with E-state index in [0.717, 1.165) is 4.90 Å². The van der Waals surface area contributed by atoms with Crippen molar-refractivity contribution >= 4 is 61.2 Å². The minimum absolute atomic E-state index is 0.0797. The van der Waals surface area contributed by atoms with Gasteiger partial charge in [-0.3, -0.25) is 24.1 Å². The maximum absolute atomic E-state index is 12.6. The number of hydrogen-bond acceptors (Lipinski definition) is 7. The number of methoxy groups -OCH3 is 2. The number of amides is 3. The van der Waals surface area contributed by atoms with Crippen LogP contribution in [0.5, 0.6) is 11.5 Å². The van der Waals surface area contributed by atoms with Gasteiger partial charge in [0.2, 0.25) is 11.8 Å². The fraction of sp³-hybridized carbons (Fsp3) is 0.500. The van der Waals surface area contributed by atoms with E-state index in [1.165, 1.54) is 14.2 Å². The van der Waals surface area contributed by atoms with Crippen LogP contribution in [0.2, 0.25) is 0 Å². The van der Waals surface area contributed by atoms with Crippen LogP contribution in [0.3, 0.4) is 0 Å². The summed E-state index contributed by atoms with van der Waals surface area (Å²) in [4.78, 5) is 50.6. The molecule has 1 N–H and O–H groups in total. The average Bonchev–Trinajstić information content (AvgIpc) is 2.97. The van der Waals surface area contributed by atoms with Gasteiger partial charge in [-0.1, -0.05) is 31.9 Å². The maximum Gasteiger partial charge on any atom is 0.326 e. The third-order valence-electron chi connectivity index (χ3n) is 5.34. The Balaban J connectivity index is 1.53. The molecule has 0 radical (unpaired) electrons. The van der Waals surface area contributed by atoms with Crippen LogP contribution >= 0.6 is 31.9 Å². The number of anilines is 1. The Morgan fingerprint density at radius 1 is 1.06 bits per heavy atom. The number of halogens is 2. The molecule has 2 aliphatic rings. The minimum Gasteiger partial charge on any atom is -0.497 e. The molecule has 9 nitrogen and oxygen atoms in total. The molecule has 1 aliphatic carbocycles. The van der Waals surface area contributed by atoms with Crippen LogP contribution in [0.15, 0.2) is 18.2 Å². The first-order chi connectivity index (χ1) is 14.7. The molecule has 11 heteroatoms. The van der Waals surface area contributed by atoms with Crippen molar-refractivity contribution in [3.63, 3.8) is 0 Å². The molecule has 1 heterocycles. The lowest BCUT2D eigenvalue weighted by Crippen LogP contribution is -2.37. The lowest BCUT2D eigenvalue weighted by Gasteiger charge is -2.29. The summed E-state index contributed by atoms with van der Waals surface area (Å²) in [6.07, 6.45) is 1.03. The molecule has 3 rings (SSSR count). The Hall–Kier alpha value is -2.14. The third kappa shape index (κ3) is 5.20. The van der Waals surface area contributed by atoms with Gasteiger partial charge in [0.1, 0.15) is 18.0 Å². The van der Waals surface area contributed by atoms with Crippen molar-refractivity contribution in [3.05, 3.63) is 18.2 Å². The van der Waals surface area contributed by atoms with E-state index in [9.17, 15) is 19.2 Å². The summed E-state index contributed by atoms with van der Waals surface area (Å²) >= 11 is 7.03. The Labute approximate surface area is 196 Å². The second-order valence-electron chi connectivity index (χ2n) is 7.25. The van der Waals surface area contributed by atoms with E-state index in [0.29, 0.717) is 30.0 Å². The van der Waals surface area contributed by atoms with Crippen LogP contribution in [-0.2, 0) is 23.9 Å². The Bertz CT molecular complexity index is 866. The SMILES string of the molecule is COc1ccc(NC(=O)COC(=O)CN2C(=O)[C@H]3C[C@@H](Br)[C@@H](Br)C[C@H]3C2=O)c(OC)c1. The molecule has 31 heavy (non-hydrogen) atoms. The number of fused-ring (bicyclic) bond motifs is 1. The summed E-state index contributed by atoms with van der Waals surface area (Å²) in [6, 6.07) is 4.83. The summed E-state index contributed by atoms with van der Waals surface area (Å²) in [5.74, 6) is -2.11. The van der Waals surface area contributed by atoms with Gasteiger partial charge in [-0.25, -0.2) is 0 Å². The number of esters is 1. The van der Waals surface area contributed by atoms with E-state index in [1.807, 2.05) is 0 Å². The number of ether oxygens (including phenoxy) is 3. The molecule has 0 aromatic heterocycles. The Morgan fingerprint density at radius 3 is 2.23 bits per heavy atom. The van der Waals surface area contributed by atoms with E-state index >= 15 is 0 Å². The predicted octanol–water partition coefficient (Wildman–Crippen LogP) is 2.11. The molecule has 4 atom stereocenters. The second-order valence-corrected chi connectivity index (χ2v) is 9.61. The van der Waals surface area contributed by atoms with Crippen LogP contribution in [0.1, 0.15) is 12.8 Å². The number of benzene rings is 1. The van der Waals surface area contributed by atoms with E-state index in [-0.39, 0.29) is 21.5 Å². The lowest BCUT2D eigenvalue weighted by molar-refractivity contribution is -0.154. The van der Waals surface area contributed by atoms with Gasteiger partial charge >= 0.3 is 5.97 Å². The molecule has 1 aromatic rings. The summed E-state index contributed by atoms with van der Waals surface area (Å²) in [5.41, 5.74) is 0.381. The highest BCUT2D eigenvalue weighted by molar-refractivity contribution is 9.12. The largest absolute Gasteiger partial charge is 0.497 e. The van der Waals surface area contributed by atoms with E-state index in [2.05, 4.69) is 37.2 Å². The van der Waals surface area contributed by atoms with Crippen LogP contribution in [-0.4, -0.2) is 65.6 Å². The molecule has 168 valence electrons. The zero-order valence-corrected chi connectivity index (χ0v) is 20.1. The highest BCUT2D eigenvalue weighted by Gasteiger charge is 2.52. The molecule has 1 saturated heterocycles. The van der Waals surface area contributed by atoms with Crippen LogP contribution < -0.4 is 14.8 Å². The monoisotopic (exact) mass is 560 g/mol. The number of likely N-dealkylation sites (tertiary alicyclic amines) is 1. The van der Waals surface area contributed by atoms with Crippen molar-refractivity contribution < 1.29 is 33.4 Å². The lowest BCUT2D eigenvalue weighted by atomic mass is 9.81. The molecule has 3 amide bonds. The van der Waals surface area contributed by atoms with Gasteiger partial charge in [0, 0.05) is 15.7 Å². The van der Waals surface area contributed by atoms with Gasteiger partial charge in [-0.05, 0) is 25.0 Å². The van der Waals surface area contributed by atoms with Crippen molar-refractivity contribution in [1.29, 1.82) is 0 Å². The van der Waals surface area contributed by atoms with Crippen molar-refractivity contribution in [1.82, 2.24) is 4.90 Å². The van der Waals surface area contributed by atoms with Crippen LogP contribution in [0, 0.1) is 11.8 Å². The predicted molar refractivity (Wildman–Crippen MR) is 117 cm³/mol. The summed E-state index contributed by atoms with van der Waals surface area (Å²) in [7, 11) is 2.95. The number of carbonyl (C=O) groups excluding carboxylic acids is 4. The van der Waals surface area contributed by atoms with Gasteiger partial charge in [-0.15, -0.1) is 0 Å². The quantitative estimate of drug-likeness (QED) is 0.308. The van der Waals surface area contributed by atoms with Gasteiger partial charge in [-0.2, -0.15) is 0 Å². The third-order valence-corrected chi connectivity index (χ3v) is 8.07. The summed E-state index contributed by atoms with van der Waals surface area (Å²) in [6.45, 7) is -1.08. The molecule has 1 aliphatic heterocycles. The molecule has 2 fully saturated rings. The topological polar surface area (TPSA) is 111 Å². The molecule has 0 bridgehead atoms. The van der Waals surface area contributed by atoms with Crippen LogP contribution in [0.4, 0.5) is 5.69 Å². The zero-order valence-electron chi connectivity index (χ0n) is 16.9. The summed E-state index contributed by atoms with van der Waals surface area (Å²) < 4.78 is 15.3. The fourth-order valence-electron chi connectivity index (χ4n) is 3.73. The first-order valence-electron chi connectivity index (χ1n) is 9.56.